The van der Waals surface area contributed by atoms with Crippen molar-refractivity contribution < 1.29 is 4.79 Å². The summed E-state index contributed by atoms with van der Waals surface area (Å²) in [5, 5.41) is 5.40. The molecule has 0 radical (unpaired) electrons. The normalized spacial score (nSPS) is 19.5. The minimum absolute atomic E-state index is 0.194. The van der Waals surface area contributed by atoms with Gasteiger partial charge in [-0.2, -0.15) is 0 Å². The first-order valence-electron chi connectivity index (χ1n) is 6.28. The molecule has 1 aliphatic heterocycles. The first-order chi connectivity index (χ1) is 8.79. The highest BCUT2D eigenvalue weighted by molar-refractivity contribution is 7.27. The average Bonchev–Trinajstić information content (AvgIpc) is 3.05. The highest BCUT2D eigenvalue weighted by Crippen LogP contribution is 2.31. The molecule has 3 nitrogen and oxygen atoms in total. The average molecular weight is 280 g/mol. The van der Waals surface area contributed by atoms with Crippen molar-refractivity contribution in [1.29, 1.82) is 0 Å². The number of likely N-dealkylation sites (N-methyl/N-ethyl adjacent to an activating group) is 1. The maximum atomic E-state index is 12.5. The predicted molar refractivity (Wildman–Crippen MR) is 77.7 cm³/mol. The fraction of sp³-hybridized carbons (Fsp3) is 0.462. The highest BCUT2D eigenvalue weighted by atomic mass is 32.1. The summed E-state index contributed by atoms with van der Waals surface area (Å²) in [7, 11) is 0. The number of nitrogens with zero attached hydrogens (tertiary/aromatic N) is 1. The molecule has 1 N–H and O–H groups in total. The smallest absolute Gasteiger partial charge is 0.264 e. The lowest BCUT2D eigenvalue weighted by Gasteiger charge is -2.26. The van der Waals surface area contributed by atoms with Crippen LogP contribution in [0.2, 0.25) is 0 Å². The Bertz CT molecular complexity index is 526. The molecule has 1 atom stereocenters. The number of nitrogens with one attached hydrogen (secondary N) is 1. The van der Waals surface area contributed by atoms with E-state index in [9.17, 15) is 4.79 Å². The Morgan fingerprint density at radius 2 is 2.44 bits per heavy atom. The summed E-state index contributed by atoms with van der Waals surface area (Å²) in [6, 6.07) is 4.50. The summed E-state index contributed by atoms with van der Waals surface area (Å²) >= 11 is 3.32. The van der Waals surface area contributed by atoms with Gasteiger partial charge >= 0.3 is 0 Å². The van der Waals surface area contributed by atoms with E-state index in [4.69, 9.17) is 0 Å². The molecule has 0 aliphatic carbocycles. The Kier molecular flexibility index (Phi) is 3.37. The Labute approximate surface area is 114 Å². The second-order valence-corrected chi connectivity index (χ2v) is 6.53. The van der Waals surface area contributed by atoms with E-state index < -0.39 is 0 Å². The van der Waals surface area contributed by atoms with Crippen LogP contribution in [0.15, 0.2) is 17.5 Å². The van der Waals surface area contributed by atoms with E-state index in [1.807, 2.05) is 11.0 Å². The number of rotatable bonds is 3. The second-order valence-electron chi connectivity index (χ2n) is 4.50. The summed E-state index contributed by atoms with van der Waals surface area (Å²) in [6.07, 6.45) is 1.07. The number of amides is 1. The van der Waals surface area contributed by atoms with Crippen LogP contribution in [0.3, 0.4) is 0 Å². The third kappa shape index (κ3) is 2.06. The van der Waals surface area contributed by atoms with Crippen molar-refractivity contribution in [3.8, 4) is 0 Å². The lowest BCUT2D eigenvalue weighted by molar-refractivity contribution is 0.0709. The number of hydrogen-bond acceptors (Lipinski definition) is 4. The van der Waals surface area contributed by atoms with Crippen molar-refractivity contribution in [3.63, 3.8) is 0 Å². The Hall–Kier alpha value is -0.910. The van der Waals surface area contributed by atoms with Crippen molar-refractivity contribution in [2.45, 2.75) is 19.4 Å². The van der Waals surface area contributed by atoms with Crippen molar-refractivity contribution in [2.75, 3.05) is 19.6 Å². The summed E-state index contributed by atoms with van der Waals surface area (Å²) < 4.78 is 2.45. The molecule has 3 rings (SSSR count). The van der Waals surface area contributed by atoms with Crippen molar-refractivity contribution in [3.05, 3.63) is 22.4 Å². The quantitative estimate of drug-likeness (QED) is 0.937. The van der Waals surface area contributed by atoms with E-state index in [1.165, 1.54) is 9.40 Å². The SMILES string of the molecule is CCN(C(=O)c1cc2sccc2s1)C1CCNC1. The Balaban J connectivity index is 1.85. The minimum Gasteiger partial charge on any atom is -0.334 e. The van der Waals surface area contributed by atoms with Gasteiger partial charge in [0.25, 0.3) is 5.91 Å². The monoisotopic (exact) mass is 280 g/mol. The van der Waals surface area contributed by atoms with Gasteiger partial charge in [-0.25, -0.2) is 0 Å². The molecule has 1 amide bonds. The number of thiophene rings is 2. The van der Waals surface area contributed by atoms with Gasteiger partial charge in [0.15, 0.2) is 0 Å². The van der Waals surface area contributed by atoms with E-state index in [0.29, 0.717) is 6.04 Å². The molecule has 2 aromatic heterocycles. The van der Waals surface area contributed by atoms with Gasteiger partial charge < -0.3 is 10.2 Å². The molecular weight excluding hydrogens is 264 g/mol. The van der Waals surface area contributed by atoms with Crippen LogP contribution < -0.4 is 5.32 Å². The van der Waals surface area contributed by atoms with E-state index in [-0.39, 0.29) is 5.91 Å². The summed E-state index contributed by atoms with van der Waals surface area (Å²) in [5.74, 6) is 0.194. The minimum atomic E-state index is 0.194. The van der Waals surface area contributed by atoms with Crippen LogP contribution in [0.1, 0.15) is 23.0 Å². The van der Waals surface area contributed by atoms with Crippen molar-refractivity contribution in [2.24, 2.45) is 0 Å². The van der Waals surface area contributed by atoms with Crippen LogP contribution >= 0.6 is 22.7 Å². The molecule has 18 heavy (non-hydrogen) atoms. The number of hydrogen-bond donors (Lipinski definition) is 1. The van der Waals surface area contributed by atoms with Gasteiger partial charge in [-0.3, -0.25) is 4.79 Å². The first kappa shape index (κ1) is 12.1. The standard InChI is InChI=1S/C13H16N2OS2/c1-2-15(9-3-5-14-8-9)13(16)12-7-11-10(18-12)4-6-17-11/h4,6-7,9,14H,2-3,5,8H2,1H3. The summed E-state index contributed by atoms with van der Waals surface area (Å²) in [6.45, 7) is 4.80. The van der Waals surface area contributed by atoms with Crippen LogP contribution in [0.5, 0.6) is 0 Å². The Morgan fingerprint density at radius 1 is 1.56 bits per heavy atom. The molecule has 1 aliphatic rings. The van der Waals surface area contributed by atoms with E-state index >= 15 is 0 Å². The van der Waals surface area contributed by atoms with Crippen LogP contribution in [0.25, 0.3) is 9.40 Å². The lowest BCUT2D eigenvalue weighted by Crippen LogP contribution is -2.41. The molecule has 0 saturated carbocycles. The Morgan fingerprint density at radius 3 is 3.11 bits per heavy atom. The maximum absolute atomic E-state index is 12.5. The van der Waals surface area contributed by atoms with Gasteiger partial charge in [-0.15, -0.1) is 22.7 Å². The zero-order chi connectivity index (χ0) is 12.5. The molecule has 96 valence electrons. The zero-order valence-electron chi connectivity index (χ0n) is 10.3. The molecule has 1 fully saturated rings. The fourth-order valence-corrected chi connectivity index (χ4v) is 4.55. The van der Waals surface area contributed by atoms with E-state index in [1.54, 1.807) is 22.7 Å². The van der Waals surface area contributed by atoms with Gasteiger partial charge in [-0.05, 0) is 37.4 Å². The molecule has 0 aromatic carbocycles. The van der Waals surface area contributed by atoms with Gasteiger partial charge in [0.1, 0.15) is 0 Å². The third-order valence-corrected chi connectivity index (χ3v) is 5.51. The van der Waals surface area contributed by atoms with Gasteiger partial charge in [0, 0.05) is 28.5 Å². The topological polar surface area (TPSA) is 32.3 Å². The molecule has 1 saturated heterocycles. The molecule has 1 unspecified atom stereocenters. The zero-order valence-corrected chi connectivity index (χ0v) is 11.9. The van der Waals surface area contributed by atoms with Gasteiger partial charge in [-0.1, -0.05) is 0 Å². The number of carbonyl (C=O) groups excluding carboxylic acids is 1. The maximum Gasteiger partial charge on any atom is 0.264 e. The first-order valence-corrected chi connectivity index (χ1v) is 7.98. The van der Waals surface area contributed by atoms with Gasteiger partial charge in [0.2, 0.25) is 0 Å². The second kappa shape index (κ2) is 4.99. The van der Waals surface area contributed by atoms with Crippen LogP contribution in [0.4, 0.5) is 0 Å². The molecular formula is C13H16N2OS2. The molecule has 0 spiro atoms. The van der Waals surface area contributed by atoms with E-state index in [0.717, 1.165) is 30.9 Å². The number of fused-ring (bicyclic) bond motifs is 1. The van der Waals surface area contributed by atoms with Crippen LogP contribution in [-0.2, 0) is 0 Å². The van der Waals surface area contributed by atoms with Crippen molar-refractivity contribution in [1.82, 2.24) is 10.2 Å². The van der Waals surface area contributed by atoms with Crippen molar-refractivity contribution >= 4 is 38.0 Å². The van der Waals surface area contributed by atoms with E-state index in [2.05, 4.69) is 23.7 Å². The molecule has 2 aromatic rings. The fourth-order valence-electron chi connectivity index (χ4n) is 2.49. The summed E-state index contributed by atoms with van der Waals surface area (Å²) in [5.41, 5.74) is 0. The number of carbonyl (C=O) groups is 1. The highest BCUT2D eigenvalue weighted by Gasteiger charge is 2.27. The molecule has 0 bridgehead atoms. The van der Waals surface area contributed by atoms with Gasteiger partial charge in [0.05, 0.1) is 4.88 Å². The summed E-state index contributed by atoms with van der Waals surface area (Å²) in [4.78, 5) is 15.4. The lowest BCUT2D eigenvalue weighted by atomic mass is 10.2. The van der Waals surface area contributed by atoms with Crippen LogP contribution in [-0.4, -0.2) is 36.5 Å². The molecule has 3 heterocycles. The van der Waals surface area contributed by atoms with Crippen LogP contribution in [0, 0.1) is 0 Å². The third-order valence-electron chi connectivity index (χ3n) is 3.43. The predicted octanol–water partition coefficient (Wildman–Crippen LogP) is 2.79. The largest absolute Gasteiger partial charge is 0.334 e. The molecule has 5 heteroatoms.